The number of nitriles is 1. The third-order valence-electron chi connectivity index (χ3n) is 2.16. The monoisotopic (exact) mass is 260 g/mol. The van der Waals surface area contributed by atoms with Crippen LogP contribution in [0.5, 0.6) is 11.5 Å². The van der Waals surface area contributed by atoms with E-state index in [0.29, 0.717) is 23.8 Å². The van der Waals surface area contributed by atoms with Gasteiger partial charge in [0.2, 0.25) is 0 Å². The molecule has 0 spiro atoms. The van der Waals surface area contributed by atoms with Gasteiger partial charge in [-0.15, -0.1) is 11.3 Å². The van der Waals surface area contributed by atoms with Crippen molar-refractivity contribution < 1.29 is 9.47 Å². The third-order valence-corrected chi connectivity index (χ3v) is 3.04. The Morgan fingerprint density at radius 2 is 2.00 bits per heavy atom. The normalized spacial score (nSPS) is 9.78. The summed E-state index contributed by atoms with van der Waals surface area (Å²) in [7, 11) is 0. The first-order valence-corrected chi connectivity index (χ1v) is 6.34. The van der Waals surface area contributed by atoms with Gasteiger partial charge in [0, 0.05) is 0 Å². The van der Waals surface area contributed by atoms with Crippen molar-refractivity contribution in [2.45, 2.75) is 13.5 Å². The van der Waals surface area contributed by atoms with Crippen LogP contribution in [0.1, 0.15) is 16.8 Å². The van der Waals surface area contributed by atoms with Crippen LogP contribution in [0.15, 0.2) is 30.5 Å². The van der Waals surface area contributed by atoms with Gasteiger partial charge >= 0.3 is 0 Å². The second-order valence-corrected chi connectivity index (χ2v) is 4.51. The number of hydrogen-bond donors (Lipinski definition) is 0. The van der Waals surface area contributed by atoms with Gasteiger partial charge < -0.3 is 9.47 Å². The summed E-state index contributed by atoms with van der Waals surface area (Å²) < 4.78 is 11.1. The van der Waals surface area contributed by atoms with Gasteiger partial charge in [0.25, 0.3) is 0 Å². The van der Waals surface area contributed by atoms with Gasteiger partial charge in [-0.1, -0.05) is 12.1 Å². The molecule has 0 aliphatic heterocycles. The fourth-order valence-electron chi connectivity index (χ4n) is 1.41. The minimum Gasteiger partial charge on any atom is -0.490 e. The van der Waals surface area contributed by atoms with E-state index in [1.165, 1.54) is 11.3 Å². The van der Waals surface area contributed by atoms with Crippen LogP contribution in [-0.4, -0.2) is 11.6 Å². The molecule has 0 aliphatic carbocycles. The average Bonchev–Trinajstić information content (AvgIpc) is 2.86. The van der Waals surface area contributed by atoms with Gasteiger partial charge in [0.05, 0.1) is 12.8 Å². The largest absolute Gasteiger partial charge is 0.490 e. The lowest BCUT2D eigenvalue weighted by atomic mass is 10.3. The summed E-state index contributed by atoms with van der Waals surface area (Å²) in [5.74, 6) is 1.41. The maximum atomic E-state index is 8.71. The number of benzene rings is 1. The minimum absolute atomic E-state index is 0.344. The summed E-state index contributed by atoms with van der Waals surface area (Å²) in [6, 6.07) is 9.55. The summed E-state index contributed by atoms with van der Waals surface area (Å²) in [5, 5.41) is 9.49. The summed E-state index contributed by atoms with van der Waals surface area (Å²) in [4.78, 5) is 4.70. The molecule has 0 N–H and O–H groups in total. The first kappa shape index (κ1) is 12.4. The van der Waals surface area contributed by atoms with Gasteiger partial charge in [0.1, 0.15) is 22.6 Å². The van der Waals surface area contributed by atoms with Crippen molar-refractivity contribution >= 4 is 11.3 Å². The van der Waals surface area contributed by atoms with Crippen molar-refractivity contribution in [1.29, 1.82) is 5.26 Å². The third kappa shape index (κ3) is 2.99. The second kappa shape index (κ2) is 6.03. The van der Waals surface area contributed by atoms with Crippen LogP contribution in [0.3, 0.4) is 0 Å². The van der Waals surface area contributed by atoms with Crippen LogP contribution in [0.2, 0.25) is 0 Å². The molecule has 0 aliphatic rings. The van der Waals surface area contributed by atoms with Crippen molar-refractivity contribution in [3.8, 4) is 17.6 Å². The molecule has 1 aromatic heterocycles. The van der Waals surface area contributed by atoms with E-state index < -0.39 is 0 Å². The predicted molar refractivity (Wildman–Crippen MR) is 68.8 cm³/mol. The van der Waals surface area contributed by atoms with Crippen LogP contribution in [0.25, 0.3) is 0 Å². The van der Waals surface area contributed by atoms with E-state index in [1.807, 2.05) is 31.2 Å². The van der Waals surface area contributed by atoms with Crippen LogP contribution in [-0.2, 0) is 6.61 Å². The molecule has 0 fully saturated rings. The minimum atomic E-state index is 0.344. The Morgan fingerprint density at radius 3 is 2.61 bits per heavy atom. The van der Waals surface area contributed by atoms with Gasteiger partial charge in [-0.05, 0) is 19.1 Å². The van der Waals surface area contributed by atoms with Crippen molar-refractivity contribution in [1.82, 2.24) is 4.98 Å². The molecule has 0 amide bonds. The molecule has 1 heterocycles. The van der Waals surface area contributed by atoms with Crippen molar-refractivity contribution in [2.75, 3.05) is 6.61 Å². The quantitative estimate of drug-likeness (QED) is 0.829. The Bertz CT molecular complexity index is 560. The lowest BCUT2D eigenvalue weighted by molar-refractivity contribution is 0.269. The van der Waals surface area contributed by atoms with E-state index in [0.717, 1.165) is 10.8 Å². The molecular formula is C13H12N2O2S. The van der Waals surface area contributed by atoms with E-state index in [4.69, 9.17) is 14.7 Å². The van der Waals surface area contributed by atoms with E-state index in [-0.39, 0.29) is 0 Å². The fraction of sp³-hybridized carbons (Fsp3) is 0.231. The number of nitrogens with zero attached hydrogens (tertiary/aromatic N) is 2. The summed E-state index contributed by atoms with van der Waals surface area (Å²) in [6.45, 7) is 2.86. The van der Waals surface area contributed by atoms with Crippen LogP contribution in [0.4, 0.5) is 0 Å². The van der Waals surface area contributed by atoms with E-state index >= 15 is 0 Å². The molecule has 4 nitrogen and oxygen atoms in total. The summed E-state index contributed by atoms with van der Waals surface area (Å²) in [6.07, 6.45) is 1.55. The van der Waals surface area contributed by atoms with Gasteiger partial charge in [-0.3, -0.25) is 0 Å². The predicted octanol–water partition coefficient (Wildman–Crippen LogP) is 2.99. The molecule has 1 aromatic carbocycles. The number of hydrogen-bond acceptors (Lipinski definition) is 5. The fourth-order valence-corrected chi connectivity index (χ4v) is 2.04. The number of ether oxygens (including phenoxy) is 2. The molecule has 0 bridgehead atoms. The Labute approximate surface area is 109 Å². The highest BCUT2D eigenvalue weighted by Crippen LogP contribution is 2.27. The first-order valence-electron chi connectivity index (χ1n) is 5.53. The molecule has 0 saturated carbocycles. The van der Waals surface area contributed by atoms with Crippen molar-refractivity contribution in [3.63, 3.8) is 0 Å². The lowest BCUT2D eigenvalue weighted by Gasteiger charge is -2.10. The Kier molecular flexibility index (Phi) is 4.15. The number of rotatable bonds is 5. The molecule has 0 atom stereocenters. The molecular weight excluding hydrogens is 248 g/mol. The number of thiazole rings is 1. The standard InChI is InChI=1S/C13H12N2O2S/c1-2-16-11-5-3-4-6-12(11)17-9-13-15-8-10(7-14)18-13/h3-6,8H,2,9H2,1H3. The highest BCUT2D eigenvalue weighted by atomic mass is 32.1. The van der Waals surface area contributed by atoms with Crippen LogP contribution < -0.4 is 9.47 Å². The summed E-state index contributed by atoms with van der Waals surface area (Å²) >= 11 is 1.33. The average molecular weight is 260 g/mol. The smallest absolute Gasteiger partial charge is 0.161 e. The second-order valence-electron chi connectivity index (χ2n) is 3.40. The Morgan fingerprint density at radius 1 is 1.28 bits per heavy atom. The van der Waals surface area contributed by atoms with Crippen molar-refractivity contribution in [2.24, 2.45) is 0 Å². The zero-order valence-electron chi connectivity index (χ0n) is 9.92. The highest BCUT2D eigenvalue weighted by Gasteiger charge is 2.06. The molecule has 92 valence electrons. The molecule has 5 heteroatoms. The molecule has 2 rings (SSSR count). The zero-order chi connectivity index (χ0) is 12.8. The van der Waals surface area contributed by atoms with E-state index in [1.54, 1.807) is 6.20 Å². The SMILES string of the molecule is CCOc1ccccc1OCc1ncc(C#N)s1. The van der Waals surface area contributed by atoms with Crippen LogP contribution in [0, 0.1) is 11.3 Å². The van der Waals surface area contributed by atoms with Crippen LogP contribution >= 0.6 is 11.3 Å². The number of para-hydroxylation sites is 2. The van der Waals surface area contributed by atoms with Gasteiger partial charge in [-0.25, -0.2) is 4.98 Å². The molecule has 0 unspecified atom stereocenters. The van der Waals surface area contributed by atoms with E-state index in [2.05, 4.69) is 11.1 Å². The zero-order valence-corrected chi connectivity index (χ0v) is 10.7. The maximum absolute atomic E-state index is 8.71. The lowest BCUT2D eigenvalue weighted by Crippen LogP contribution is -1.98. The van der Waals surface area contributed by atoms with Crippen molar-refractivity contribution in [3.05, 3.63) is 40.3 Å². The first-order chi connectivity index (χ1) is 8.83. The summed E-state index contributed by atoms with van der Waals surface area (Å²) in [5.41, 5.74) is 0. The van der Waals surface area contributed by atoms with Gasteiger partial charge in [0.15, 0.2) is 11.5 Å². The molecule has 0 saturated heterocycles. The maximum Gasteiger partial charge on any atom is 0.161 e. The molecule has 0 radical (unpaired) electrons. The highest BCUT2D eigenvalue weighted by molar-refractivity contribution is 7.12. The Hall–Kier alpha value is -2.06. The number of aromatic nitrogens is 1. The topological polar surface area (TPSA) is 55.1 Å². The molecule has 18 heavy (non-hydrogen) atoms. The molecule has 2 aromatic rings. The van der Waals surface area contributed by atoms with E-state index in [9.17, 15) is 0 Å². The van der Waals surface area contributed by atoms with Gasteiger partial charge in [-0.2, -0.15) is 5.26 Å². The Balaban J connectivity index is 2.03.